The van der Waals surface area contributed by atoms with E-state index in [0.717, 1.165) is 32.5 Å². The minimum absolute atomic E-state index is 0.0994. The summed E-state index contributed by atoms with van der Waals surface area (Å²) in [5.74, 6) is 0.581. The molecule has 17 heavy (non-hydrogen) atoms. The van der Waals surface area contributed by atoms with Crippen LogP contribution in [-0.4, -0.2) is 55.5 Å². The maximum atomic E-state index is 12.2. The van der Waals surface area contributed by atoms with Crippen LogP contribution in [0.5, 0.6) is 0 Å². The van der Waals surface area contributed by atoms with Crippen LogP contribution in [0.2, 0.25) is 0 Å². The second-order valence-electron chi connectivity index (χ2n) is 5.38. The molecule has 0 unspecified atom stereocenters. The fraction of sp³-hybridized carbons (Fsp3) is 0.923. The first kappa shape index (κ1) is 16.4. The quantitative estimate of drug-likeness (QED) is 0.696. The van der Waals surface area contributed by atoms with E-state index in [0.29, 0.717) is 5.92 Å². The second kappa shape index (κ2) is 8.48. The molecule has 0 bridgehead atoms. The number of nitrogens with two attached hydrogens (primary N) is 1. The standard InChI is InChI=1S/C13H29N3O/c1-6-7-12(14)13(17)16(10-11(2)3)9-8-15(4)5/h11-12H,6-10,14H2,1-5H3/t12-/m0/s1. The zero-order valence-electron chi connectivity index (χ0n) is 12.1. The normalized spacial score (nSPS) is 13.2. The van der Waals surface area contributed by atoms with Crippen LogP contribution in [0.3, 0.4) is 0 Å². The molecule has 0 radical (unpaired) electrons. The fourth-order valence-corrected chi connectivity index (χ4v) is 1.72. The van der Waals surface area contributed by atoms with Crippen molar-refractivity contribution >= 4 is 5.91 Å². The van der Waals surface area contributed by atoms with Crippen molar-refractivity contribution < 1.29 is 4.79 Å². The maximum absolute atomic E-state index is 12.2. The molecular formula is C13H29N3O. The van der Waals surface area contributed by atoms with Gasteiger partial charge in [-0.05, 0) is 26.4 Å². The van der Waals surface area contributed by atoms with E-state index in [4.69, 9.17) is 5.73 Å². The number of nitrogens with zero attached hydrogens (tertiary/aromatic N) is 2. The van der Waals surface area contributed by atoms with Crippen molar-refractivity contribution in [3.8, 4) is 0 Å². The topological polar surface area (TPSA) is 49.6 Å². The first-order valence-corrected chi connectivity index (χ1v) is 6.57. The van der Waals surface area contributed by atoms with E-state index in [1.54, 1.807) is 0 Å². The van der Waals surface area contributed by atoms with E-state index >= 15 is 0 Å². The van der Waals surface area contributed by atoms with Crippen molar-refractivity contribution in [1.82, 2.24) is 9.80 Å². The van der Waals surface area contributed by atoms with Crippen molar-refractivity contribution in [2.75, 3.05) is 33.7 Å². The molecule has 0 heterocycles. The van der Waals surface area contributed by atoms with E-state index in [2.05, 4.69) is 25.7 Å². The minimum atomic E-state index is -0.332. The third-order valence-corrected chi connectivity index (χ3v) is 2.63. The summed E-state index contributed by atoms with van der Waals surface area (Å²) < 4.78 is 0. The lowest BCUT2D eigenvalue weighted by molar-refractivity contribution is -0.133. The summed E-state index contributed by atoms with van der Waals surface area (Å²) in [5.41, 5.74) is 5.91. The van der Waals surface area contributed by atoms with Gasteiger partial charge in [0.05, 0.1) is 6.04 Å². The Balaban J connectivity index is 4.38. The van der Waals surface area contributed by atoms with Gasteiger partial charge in [0.1, 0.15) is 0 Å². The molecule has 4 heteroatoms. The van der Waals surface area contributed by atoms with Gasteiger partial charge in [-0.1, -0.05) is 27.2 Å². The third-order valence-electron chi connectivity index (χ3n) is 2.63. The first-order chi connectivity index (χ1) is 7.88. The van der Waals surface area contributed by atoms with Gasteiger partial charge in [-0.2, -0.15) is 0 Å². The fourth-order valence-electron chi connectivity index (χ4n) is 1.72. The molecule has 0 rings (SSSR count). The van der Waals surface area contributed by atoms with Crippen LogP contribution in [0.25, 0.3) is 0 Å². The highest BCUT2D eigenvalue weighted by Crippen LogP contribution is 2.04. The average Bonchev–Trinajstić information content (AvgIpc) is 2.22. The molecule has 0 aliphatic heterocycles. The Bertz CT molecular complexity index is 217. The van der Waals surface area contributed by atoms with Gasteiger partial charge in [-0.3, -0.25) is 4.79 Å². The molecule has 0 aromatic carbocycles. The van der Waals surface area contributed by atoms with E-state index in [1.807, 2.05) is 19.0 Å². The summed E-state index contributed by atoms with van der Waals surface area (Å²) in [7, 11) is 4.04. The third kappa shape index (κ3) is 7.34. The lowest BCUT2D eigenvalue weighted by atomic mass is 10.1. The number of carbonyl (C=O) groups excluding carboxylic acids is 1. The molecule has 102 valence electrons. The molecule has 0 aromatic heterocycles. The van der Waals surface area contributed by atoms with Crippen LogP contribution in [-0.2, 0) is 4.79 Å². The molecule has 1 amide bonds. The molecule has 2 N–H and O–H groups in total. The molecule has 0 aromatic rings. The summed E-state index contributed by atoms with van der Waals surface area (Å²) in [6.07, 6.45) is 1.73. The smallest absolute Gasteiger partial charge is 0.239 e. The molecule has 4 nitrogen and oxygen atoms in total. The van der Waals surface area contributed by atoms with Crippen LogP contribution in [0, 0.1) is 5.92 Å². The summed E-state index contributed by atoms with van der Waals surface area (Å²) in [6.45, 7) is 8.76. The molecule has 0 saturated heterocycles. The van der Waals surface area contributed by atoms with Crippen LogP contribution in [0.1, 0.15) is 33.6 Å². The Morgan fingerprint density at radius 2 is 1.82 bits per heavy atom. The van der Waals surface area contributed by atoms with Gasteiger partial charge in [-0.25, -0.2) is 0 Å². The second-order valence-corrected chi connectivity index (χ2v) is 5.38. The van der Waals surface area contributed by atoms with Crippen molar-refractivity contribution in [2.24, 2.45) is 11.7 Å². The number of rotatable bonds is 8. The Kier molecular flexibility index (Phi) is 8.17. The Morgan fingerprint density at radius 3 is 2.24 bits per heavy atom. The van der Waals surface area contributed by atoms with Gasteiger partial charge >= 0.3 is 0 Å². The Labute approximate surface area is 106 Å². The van der Waals surface area contributed by atoms with Crippen molar-refractivity contribution in [3.05, 3.63) is 0 Å². The molecule has 0 saturated carbocycles. The van der Waals surface area contributed by atoms with E-state index in [-0.39, 0.29) is 11.9 Å². The van der Waals surface area contributed by atoms with E-state index < -0.39 is 0 Å². The van der Waals surface area contributed by atoms with Gasteiger partial charge in [0, 0.05) is 19.6 Å². The summed E-state index contributed by atoms with van der Waals surface area (Å²) in [4.78, 5) is 16.2. The monoisotopic (exact) mass is 243 g/mol. The Morgan fingerprint density at radius 1 is 1.24 bits per heavy atom. The number of amides is 1. The number of carbonyl (C=O) groups is 1. The molecule has 0 fully saturated rings. The molecule has 0 aliphatic rings. The van der Waals surface area contributed by atoms with Crippen molar-refractivity contribution in [2.45, 2.75) is 39.7 Å². The molecule has 0 spiro atoms. The lowest BCUT2D eigenvalue weighted by Gasteiger charge is -2.28. The van der Waals surface area contributed by atoms with Crippen molar-refractivity contribution in [3.63, 3.8) is 0 Å². The molecule has 0 aliphatic carbocycles. The van der Waals surface area contributed by atoms with Gasteiger partial charge in [0.2, 0.25) is 5.91 Å². The van der Waals surface area contributed by atoms with E-state index in [1.165, 1.54) is 0 Å². The predicted molar refractivity (Wildman–Crippen MR) is 72.9 cm³/mol. The predicted octanol–water partition coefficient (Wildman–Crippen LogP) is 1.16. The van der Waals surface area contributed by atoms with Crippen LogP contribution < -0.4 is 5.73 Å². The molecular weight excluding hydrogens is 214 g/mol. The SMILES string of the molecule is CCC[C@H](N)C(=O)N(CCN(C)C)CC(C)C. The molecule has 1 atom stereocenters. The Hall–Kier alpha value is -0.610. The van der Waals surface area contributed by atoms with Crippen LogP contribution in [0.4, 0.5) is 0 Å². The maximum Gasteiger partial charge on any atom is 0.239 e. The highest BCUT2D eigenvalue weighted by Gasteiger charge is 2.20. The zero-order chi connectivity index (χ0) is 13.4. The van der Waals surface area contributed by atoms with Crippen molar-refractivity contribution in [1.29, 1.82) is 0 Å². The van der Waals surface area contributed by atoms with Crippen LogP contribution >= 0.6 is 0 Å². The lowest BCUT2D eigenvalue weighted by Crippen LogP contribution is -2.47. The number of hydrogen-bond acceptors (Lipinski definition) is 3. The number of hydrogen-bond donors (Lipinski definition) is 1. The number of likely N-dealkylation sites (N-methyl/N-ethyl adjacent to an activating group) is 1. The minimum Gasteiger partial charge on any atom is -0.340 e. The summed E-state index contributed by atoms with van der Waals surface area (Å²) >= 11 is 0. The highest BCUT2D eigenvalue weighted by molar-refractivity contribution is 5.81. The zero-order valence-corrected chi connectivity index (χ0v) is 12.1. The largest absolute Gasteiger partial charge is 0.340 e. The van der Waals surface area contributed by atoms with E-state index in [9.17, 15) is 4.79 Å². The average molecular weight is 243 g/mol. The van der Waals surface area contributed by atoms with Gasteiger partial charge in [0.15, 0.2) is 0 Å². The van der Waals surface area contributed by atoms with Gasteiger partial charge in [0.25, 0.3) is 0 Å². The first-order valence-electron chi connectivity index (χ1n) is 6.57. The summed E-state index contributed by atoms with van der Waals surface area (Å²) in [5, 5.41) is 0. The highest BCUT2D eigenvalue weighted by atomic mass is 16.2. The van der Waals surface area contributed by atoms with Crippen LogP contribution in [0.15, 0.2) is 0 Å². The van der Waals surface area contributed by atoms with Gasteiger partial charge in [-0.15, -0.1) is 0 Å². The van der Waals surface area contributed by atoms with Gasteiger partial charge < -0.3 is 15.5 Å². The summed E-state index contributed by atoms with van der Waals surface area (Å²) in [6, 6.07) is -0.332.